The number of hydrogen-bond acceptors (Lipinski definition) is 4. The molecule has 5 heteroatoms. The molecule has 0 saturated heterocycles. The summed E-state index contributed by atoms with van der Waals surface area (Å²) in [5, 5.41) is 11.1. The molecule has 1 aliphatic carbocycles. The lowest BCUT2D eigenvalue weighted by Crippen LogP contribution is -2.01. The van der Waals surface area contributed by atoms with Gasteiger partial charge in [-0.1, -0.05) is 43.3 Å². The van der Waals surface area contributed by atoms with Crippen LogP contribution in [-0.2, 0) is 6.42 Å². The molecule has 23 heavy (non-hydrogen) atoms. The van der Waals surface area contributed by atoms with Crippen LogP contribution in [0.2, 0.25) is 0 Å². The van der Waals surface area contributed by atoms with Crippen LogP contribution in [0.5, 0.6) is 0 Å². The average Bonchev–Trinajstić information content (AvgIpc) is 2.80. The van der Waals surface area contributed by atoms with Crippen LogP contribution in [0.1, 0.15) is 38.8 Å². The van der Waals surface area contributed by atoms with E-state index in [1.807, 2.05) is 6.92 Å². The lowest BCUT2D eigenvalue weighted by atomic mass is 10.0. The first kappa shape index (κ1) is 14.8. The van der Waals surface area contributed by atoms with Crippen molar-refractivity contribution in [3.8, 4) is 0 Å². The fourth-order valence-corrected chi connectivity index (χ4v) is 2.71. The van der Waals surface area contributed by atoms with Gasteiger partial charge in [0.05, 0.1) is 10.5 Å². The van der Waals surface area contributed by atoms with Crippen LogP contribution in [-0.4, -0.2) is 16.5 Å². The first-order valence-corrected chi connectivity index (χ1v) is 7.20. The Kier molecular flexibility index (Phi) is 3.62. The quantitative estimate of drug-likeness (QED) is 0.375. The Morgan fingerprint density at radius 1 is 1.04 bits per heavy atom. The number of allylic oxidation sites excluding steroid dienone is 1. The highest BCUT2D eigenvalue weighted by Gasteiger charge is 2.32. The summed E-state index contributed by atoms with van der Waals surface area (Å²) in [5.41, 5.74) is 1.89. The van der Waals surface area contributed by atoms with E-state index in [4.69, 9.17) is 0 Å². The molecule has 0 unspecified atom stereocenters. The molecule has 1 aliphatic rings. The molecule has 0 N–H and O–H groups in total. The third kappa shape index (κ3) is 2.46. The van der Waals surface area contributed by atoms with Gasteiger partial charge in [-0.05, 0) is 18.1 Å². The second-order valence-corrected chi connectivity index (χ2v) is 5.26. The van der Waals surface area contributed by atoms with E-state index in [1.165, 1.54) is 12.1 Å². The van der Waals surface area contributed by atoms with Crippen molar-refractivity contribution >= 4 is 23.3 Å². The van der Waals surface area contributed by atoms with Gasteiger partial charge in [0.2, 0.25) is 0 Å². The van der Waals surface area contributed by atoms with Crippen LogP contribution in [0, 0.1) is 10.1 Å². The minimum Gasteiger partial charge on any atom is -0.288 e. The van der Waals surface area contributed by atoms with Gasteiger partial charge in [-0.3, -0.25) is 19.7 Å². The second kappa shape index (κ2) is 5.61. The molecule has 0 saturated carbocycles. The van der Waals surface area contributed by atoms with E-state index in [1.54, 1.807) is 36.4 Å². The predicted octanol–water partition coefficient (Wildman–Crippen LogP) is 3.62. The lowest BCUT2D eigenvalue weighted by Gasteiger charge is -2.02. The number of benzene rings is 2. The summed E-state index contributed by atoms with van der Waals surface area (Å²) in [6.45, 7) is 1.83. The Balaban J connectivity index is 2.07. The maximum absolute atomic E-state index is 12.3. The van der Waals surface area contributed by atoms with Gasteiger partial charge < -0.3 is 0 Å². The highest BCUT2D eigenvalue weighted by atomic mass is 16.6. The van der Waals surface area contributed by atoms with Crippen LogP contribution >= 0.6 is 0 Å². The molecule has 0 atom stereocenters. The summed E-state index contributed by atoms with van der Waals surface area (Å²) in [4.78, 5) is 35.3. The molecular weight excluding hydrogens is 294 g/mol. The number of rotatable bonds is 3. The summed E-state index contributed by atoms with van der Waals surface area (Å²) >= 11 is 0. The largest absolute Gasteiger partial charge is 0.288 e. The standard InChI is InChI=1S/C18H13NO4/c1-2-12-8-7-11(10-16(12)19(22)23)9-15-17(20)13-5-3-4-6-14(13)18(15)21/h3-10H,2H2,1H3. The van der Waals surface area contributed by atoms with E-state index in [2.05, 4.69) is 0 Å². The number of aryl methyl sites for hydroxylation is 1. The van der Waals surface area contributed by atoms with Gasteiger partial charge in [0.1, 0.15) is 0 Å². The molecule has 2 aromatic rings. The molecule has 0 heterocycles. The van der Waals surface area contributed by atoms with Crippen LogP contribution < -0.4 is 0 Å². The number of nitro groups is 1. The third-order valence-electron chi connectivity index (χ3n) is 3.90. The van der Waals surface area contributed by atoms with Crippen LogP contribution in [0.15, 0.2) is 48.0 Å². The zero-order valence-corrected chi connectivity index (χ0v) is 12.4. The number of nitrogens with zero attached hydrogens (tertiary/aromatic N) is 1. The first-order valence-electron chi connectivity index (χ1n) is 7.20. The van der Waals surface area contributed by atoms with E-state index in [0.717, 1.165) is 0 Å². The zero-order chi connectivity index (χ0) is 16.6. The number of Topliss-reactive ketones (excluding diaryl/α,β-unsaturated/α-hetero) is 2. The lowest BCUT2D eigenvalue weighted by molar-refractivity contribution is -0.385. The predicted molar refractivity (Wildman–Crippen MR) is 85.6 cm³/mol. The fraction of sp³-hybridized carbons (Fsp3) is 0.111. The number of carbonyl (C=O) groups excluding carboxylic acids is 2. The van der Waals surface area contributed by atoms with Gasteiger partial charge in [-0.2, -0.15) is 0 Å². The number of ketones is 2. The monoisotopic (exact) mass is 307 g/mol. The summed E-state index contributed by atoms with van der Waals surface area (Å²) < 4.78 is 0. The fourth-order valence-electron chi connectivity index (χ4n) is 2.71. The minimum absolute atomic E-state index is 0.00254. The summed E-state index contributed by atoms with van der Waals surface area (Å²) in [6.07, 6.45) is 1.97. The van der Waals surface area contributed by atoms with E-state index in [9.17, 15) is 19.7 Å². The molecule has 0 aliphatic heterocycles. The summed E-state index contributed by atoms with van der Waals surface area (Å²) in [5.74, 6) is -0.680. The maximum atomic E-state index is 12.3. The van der Waals surface area contributed by atoms with E-state index in [-0.39, 0.29) is 22.8 Å². The van der Waals surface area contributed by atoms with Gasteiger partial charge in [-0.15, -0.1) is 0 Å². The van der Waals surface area contributed by atoms with Crippen molar-refractivity contribution in [1.82, 2.24) is 0 Å². The summed E-state index contributed by atoms with van der Waals surface area (Å²) in [7, 11) is 0. The Bertz CT molecular complexity index is 843. The smallest absolute Gasteiger partial charge is 0.273 e. The molecule has 2 aromatic carbocycles. The molecule has 0 fully saturated rings. The van der Waals surface area contributed by atoms with Crippen molar-refractivity contribution < 1.29 is 14.5 Å². The van der Waals surface area contributed by atoms with Crippen molar-refractivity contribution in [2.75, 3.05) is 0 Å². The molecule has 0 bridgehead atoms. The molecular formula is C18H13NO4. The molecule has 0 spiro atoms. The van der Waals surface area contributed by atoms with Gasteiger partial charge in [-0.25, -0.2) is 0 Å². The van der Waals surface area contributed by atoms with Crippen molar-refractivity contribution in [3.63, 3.8) is 0 Å². The number of nitro benzene ring substituents is 1. The number of carbonyl (C=O) groups is 2. The zero-order valence-electron chi connectivity index (χ0n) is 12.4. The van der Waals surface area contributed by atoms with Crippen molar-refractivity contribution in [1.29, 1.82) is 0 Å². The van der Waals surface area contributed by atoms with Crippen molar-refractivity contribution in [3.05, 3.63) is 80.4 Å². The van der Waals surface area contributed by atoms with E-state index < -0.39 is 4.92 Å². The Morgan fingerprint density at radius 2 is 1.65 bits per heavy atom. The SMILES string of the molecule is CCc1ccc(C=C2C(=O)c3ccccc3C2=O)cc1[N+](=O)[O-]. The Hall–Kier alpha value is -3.08. The number of hydrogen-bond donors (Lipinski definition) is 0. The van der Waals surface area contributed by atoms with Crippen LogP contribution in [0.4, 0.5) is 5.69 Å². The normalized spacial score (nSPS) is 13.2. The molecule has 0 aromatic heterocycles. The molecule has 3 rings (SSSR count). The van der Waals surface area contributed by atoms with E-state index >= 15 is 0 Å². The van der Waals surface area contributed by atoms with Crippen LogP contribution in [0.25, 0.3) is 6.08 Å². The van der Waals surface area contributed by atoms with Crippen molar-refractivity contribution in [2.24, 2.45) is 0 Å². The summed E-state index contributed by atoms with van der Waals surface area (Å²) in [6, 6.07) is 11.4. The first-order chi connectivity index (χ1) is 11.0. The van der Waals surface area contributed by atoms with Gasteiger partial charge >= 0.3 is 0 Å². The maximum Gasteiger partial charge on any atom is 0.273 e. The van der Waals surface area contributed by atoms with Gasteiger partial charge in [0.15, 0.2) is 11.6 Å². The number of fused-ring (bicyclic) bond motifs is 1. The van der Waals surface area contributed by atoms with Gasteiger partial charge in [0.25, 0.3) is 5.69 Å². The average molecular weight is 307 g/mol. The molecule has 0 radical (unpaired) electrons. The Morgan fingerprint density at radius 3 is 2.17 bits per heavy atom. The van der Waals surface area contributed by atoms with Gasteiger partial charge in [0, 0.05) is 22.8 Å². The van der Waals surface area contributed by atoms with Crippen LogP contribution in [0.3, 0.4) is 0 Å². The van der Waals surface area contributed by atoms with Crippen molar-refractivity contribution in [2.45, 2.75) is 13.3 Å². The topological polar surface area (TPSA) is 77.3 Å². The molecule has 5 nitrogen and oxygen atoms in total. The van der Waals surface area contributed by atoms with E-state index in [0.29, 0.717) is 28.7 Å². The highest BCUT2D eigenvalue weighted by molar-refractivity contribution is 6.41. The third-order valence-corrected chi connectivity index (χ3v) is 3.90. The second-order valence-electron chi connectivity index (χ2n) is 5.26. The highest BCUT2D eigenvalue weighted by Crippen LogP contribution is 2.29. The molecule has 114 valence electrons. The molecule has 0 amide bonds. The Labute approximate surface area is 132 Å². The minimum atomic E-state index is -0.451.